The van der Waals surface area contributed by atoms with Crippen molar-refractivity contribution in [2.24, 2.45) is 11.1 Å². The molecule has 0 amide bonds. The summed E-state index contributed by atoms with van der Waals surface area (Å²) in [6, 6.07) is 8.40. The van der Waals surface area contributed by atoms with Crippen LogP contribution < -0.4 is 5.73 Å². The van der Waals surface area contributed by atoms with E-state index in [-0.39, 0.29) is 5.41 Å². The number of hydrogen-bond donors (Lipinski definition) is 1. The molecular weight excluding hydrogens is 246 g/mol. The Morgan fingerprint density at radius 2 is 1.90 bits per heavy atom. The van der Waals surface area contributed by atoms with Crippen molar-refractivity contribution in [3.8, 4) is 11.3 Å². The average molecular weight is 269 g/mol. The molecule has 3 heteroatoms. The van der Waals surface area contributed by atoms with Gasteiger partial charge in [0.05, 0.1) is 5.69 Å². The molecule has 106 valence electrons. The van der Waals surface area contributed by atoms with Crippen molar-refractivity contribution in [2.75, 3.05) is 6.54 Å². The van der Waals surface area contributed by atoms with E-state index in [9.17, 15) is 0 Å². The van der Waals surface area contributed by atoms with Crippen molar-refractivity contribution < 1.29 is 0 Å². The van der Waals surface area contributed by atoms with Gasteiger partial charge in [0.15, 0.2) is 0 Å². The fraction of sp³-hybridized carbons (Fsp3) is 0.412. The minimum atomic E-state index is 0.0287. The number of aryl methyl sites for hydroxylation is 2. The maximum atomic E-state index is 5.79. The zero-order valence-corrected chi connectivity index (χ0v) is 12.8. The Hall–Kier alpha value is -1.74. The van der Waals surface area contributed by atoms with Gasteiger partial charge in [0, 0.05) is 18.2 Å². The summed E-state index contributed by atoms with van der Waals surface area (Å²) in [4.78, 5) is 9.08. The van der Waals surface area contributed by atoms with Crippen LogP contribution in [-0.2, 0) is 6.42 Å². The van der Waals surface area contributed by atoms with Crippen LogP contribution in [0.15, 0.2) is 30.5 Å². The Kier molecular flexibility index (Phi) is 4.19. The SMILES string of the molecule is Cc1ccc(-c2ccnc(CC(C)(C)CN)n2)c(C)c1. The summed E-state index contributed by atoms with van der Waals surface area (Å²) in [6.45, 7) is 9.13. The van der Waals surface area contributed by atoms with Crippen LogP contribution in [0.25, 0.3) is 11.3 Å². The molecule has 20 heavy (non-hydrogen) atoms. The molecule has 2 rings (SSSR count). The third-order valence-electron chi connectivity index (χ3n) is 3.55. The standard InChI is InChI=1S/C17H23N3/c1-12-5-6-14(13(2)9-12)15-7-8-19-16(20-15)10-17(3,4)11-18/h5-9H,10-11,18H2,1-4H3. The minimum absolute atomic E-state index is 0.0287. The summed E-state index contributed by atoms with van der Waals surface area (Å²) < 4.78 is 0. The molecule has 1 aromatic carbocycles. The van der Waals surface area contributed by atoms with Crippen LogP contribution in [0.5, 0.6) is 0 Å². The third kappa shape index (κ3) is 3.42. The number of nitrogens with zero attached hydrogens (tertiary/aromatic N) is 2. The van der Waals surface area contributed by atoms with Crippen LogP contribution in [0.3, 0.4) is 0 Å². The Balaban J connectivity index is 2.34. The first-order chi connectivity index (χ1) is 9.41. The van der Waals surface area contributed by atoms with Crippen LogP contribution in [-0.4, -0.2) is 16.5 Å². The first kappa shape index (κ1) is 14.7. The van der Waals surface area contributed by atoms with Gasteiger partial charge in [-0.05, 0) is 37.4 Å². The molecular formula is C17H23N3. The van der Waals surface area contributed by atoms with Crippen LogP contribution in [0.2, 0.25) is 0 Å². The lowest BCUT2D eigenvalue weighted by molar-refractivity contribution is 0.368. The molecule has 0 atom stereocenters. The van der Waals surface area contributed by atoms with Crippen molar-refractivity contribution in [1.82, 2.24) is 9.97 Å². The van der Waals surface area contributed by atoms with E-state index in [1.165, 1.54) is 16.7 Å². The van der Waals surface area contributed by atoms with Gasteiger partial charge in [-0.15, -0.1) is 0 Å². The molecule has 2 N–H and O–H groups in total. The third-order valence-corrected chi connectivity index (χ3v) is 3.55. The lowest BCUT2D eigenvalue weighted by atomic mass is 9.89. The fourth-order valence-electron chi connectivity index (χ4n) is 2.24. The Morgan fingerprint density at radius 3 is 2.55 bits per heavy atom. The highest BCUT2D eigenvalue weighted by Gasteiger charge is 2.18. The number of aromatic nitrogens is 2. The van der Waals surface area contributed by atoms with Crippen molar-refractivity contribution in [1.29, 1.82) is 0 Å². The molecule has 0 spiro atoms. The molecule has 0 unspecified atom stereocenters. The molecule has 2 aromatic rings. The van der Waals surface area contributed by atoms with E-state index < -0.39 is 0 Å². The Labute approximate surface area is 121 Å². The predicted molar refractivity (Wildman–Crippen MR) is 83.5 cm³/mol. The van der Waals surface area contributed by atoms with E-state index in [1.54, 1.807) is 0 Å². The molecule has 1 aromatic heterocycles. The zero-order valence-electron chi connectivity index (χ0n) is 12.8. The van der Waals surface area contributed by atoms with Gasteiger partial charge < -0.3 is 5.73 Å². The molecule has 3 nitrogen and oxygen atoms in total. The highest BCUT2D eigenvalue weighted by atomic mass is 14.9. The maximum absolute atomic E-state index is 5.79. The van der Waals surface area contributed by atoms with Gasteiger partial charge in [-0.3, -0.25) is 0 Å². The topological polar surface area (TPSA) is 51.8 Å². The van der Waals surface area contributed by atoms with Crippen molar-refractivity contribution in [3.05, 3.63) is 47.4 Å². The van der Waals surface area contributed by atoms with Gasteiger partial charge >= 0.3 is 0 Å². The highest BCUT2D eigenvalue weighted by Crippen LogP contribution is 2.24. The second kappa shape index (κ2) is 5.71. The van der Waals surface area contributed by atoms with E-state index in [1.807, 2.05) is 12.3 Å². The molecule has 0 aliphatic heterocycles. The first-order valence-electron chi connectivity index (χ1n) is 7.01. The van der Waals surface area contributed by atoms with Gasteiger partial charge in [-0.1, -0.05) is 37.6 Å². The van der Waals surface area contributed by atoms with E-state index in [0.29, 0.717) is 6.54 Å². The lowest BCUT2D eigenvalue weighted by Crippen LogP contribution is -2.26. The largest absolute Gasteiger partial charge is 0.330 e. The summed E-state index contributed by atoms with van der Waals surface area (Å²) in [5, 5.41) is 0. The zero-order chi connectivity index (χ0) is 14.8. The van der Waals surface area contributed by atoms with Gasteiger partial charge in [-0.25, -0.2) is 9.97 Å². The van der Waals surface area contributed by atoms with E-state index >= 15 is 0 Å². The summed E-state index contributed by atoms with van der Waals surface area (Å²) in [7, 11) is 0. The first-order valence-corrected chi connectivity index (χ1v) is 7.01. The quantitative estimate of drug-likeness (QED) is 0.926. The van der Waals surface area contributed by atoms with Gasteiger partial charge in [0.2, 0.25) is 0 Å². The second-order valence-corrected chi connectivity index (χ2v) is 6.22. The molecule has 0 aliphatic carbocycles. The molecule has 0 fully saturated rings. The second-order valence-electron chi connectivity index (χ2n) is 6.22. The number of rotatable bonds is 4. The number of hydrogen-bond acceptors (Lipinski definition) is 3. The van der Waals surface area contributed by atoms with Crippen LogP contribution in [0.4, 0.5) is 0 Å². The number of nitrogens with two attached hydrogens (primary N) is 1. The maximum Gasteiger partial charge on any atom is 0.129 e. The molecule has 0 radical (unpaired) electrons. The Morgan fingerprint density at radius 1 is 1.15 bits per heavy atom. The molecule has 0 bridgehead atoms. The van der Waals surface area contributed by atoms with E-state index in [0.717, 1.165) is 17.9 Å². The predicted octanol–water partition coefficient (Wildman–Crippen LogP) is 3.29. The van der Waals surface area contributed by atoms with E-state index in [4.69, 9.17) is 10.7 Å². The summed E-state index contributed by atoms with van der Waals surface area (Å²) >= 11 is 0. The molecule has 0 saturated heterocycles. The minimum Gasteiger partial charge on any atom is -0.330 e. The van der Waals surface area contributed by atoms with Crippen LogP contribution in [0.1, 0.15) is 30.8 Å². The van der Waals surface area contributed by atoms with Crippen molar-refractivity contribution in [3.63, 3.8) is 0 Å². The normalized spacial score (nSPS) is 11.7. The molecule has 1 heterocycles. The lowest BCUT2D eigenvalue weighted by Gasteiger charge is -2.21. The van der Waals surface area contributed by atoms with Crippen LogP contribution in [0, 0.1) is 19.3 Å². The Bertz CT molecular complexity index is 603. The van der Waals surface area contributed by atoms with Crippen molar-refractivity contribution in [2.45, 2.75) is 34.1 Å². The van der Waals surface area contributed by atoms with Crippen LogP contribution >= 0.6 is 0 Å². The summed E-state index contributed by atoms with van der Waals surface area (Å²) in [5.41, 5.74) is 10.5. The highest BCUT2D eigenvalue weighted by molar-refractivity contribution is 5.63. The van der Waals surface area contributed by atoms with Crippen molar-refractivity contribution >= 4 is 0 Å². The smallest absolute Gasteiger partial charge is 0.129 e. The van der Waals surface area contributed by atoms with E-state index in [2.05, 4.69) is 50.9 Å². The average Bonchev–Trinajstić information content (AvgIpc) is 2.38. The summed E-state index contributed by atoms with van der Waals surface area (Å²) in [6.07, 6.45) is 2.63. The molecule has 0 aliphatic rings. The molecule has 0 saturated carbocycles. The summed E-state index contributed by atoms with van der Waals surface area (Å²) in [5.74, 6) is 0.859. The fourth-order valence-corrected chi connectivity index (χ4v) is 2.24. The van der Waals surface area contributed by atoms with Gasteiger partial charge in [0.25, 0.3) is 0 Å². The van der Waals surface area contributed by atoms with Gasteiger partial charge in [0.1, 0.15) is 5.82 Å². The van der Waals surface area contributed by atoms with Gasteiger partial charge in [-0.2, -0.15) is 0 Å². The monoisotopic (exact) mass is 269 g/mol. The number of benzene rings is 1.